The number of aryl methyl sites for hydroxylation is 2. The van der Waals surface area contributed by atoms with E-state index < -0.39 is 0 Å². The van der Waals surface area contributed by atoms with Crippen LogP contribution < -0.4 is 5.32 Å². The summed E-state index contributed by atoms with van der Waals surface area (Å²) in [5.74, 6) is 0. The fourth-order valence-corrected chi connectivity index (χ4v) is 2.85. The second-order valence-corrected chi connectivity index (χ2v) is 6.27. The highest BCUT2D eigenvalue weighted by molar-refractivity contribution is 5.32. The van der Waals surface area contributed by atoms with Gasteiger partial charge in [0, 0.05) is 25.2 Å². The van der Waals surface area contributed by atoms with Crippen LogP contribution in [0.2, 0.25) is 0 Å². The van der Waals surface area contributed by atoms with Crippen molar-refractivity contribution >= 4 is 0 Å². The molecule has 0 aromatic heterocycles. The van der Waals surface area contributed by atoms with E-state index in [1.54, 1.807) is 0 Å². The molecule has 2 atom stereocenters. The first-order valence-electron chi connectivity index (χ1n) is 8.24. The zero-order chi connectivity index (χ0) is 15.2. The monoisotopic (exact) mass is 290 g/mol. The first-order valence-corrected chi connectivity index (χ1v) is 8.24. The summed E-state index contributed by atoms with van der Waals surface area (Å²) < 4.78 is 5.55. The van der Waals surface area contributed by atoms with Crippen LogP contribution in [-0.4, -0.2) is 43.8 Å². The van der Waals surface area contributed by atoms with Gasteiger partial charge in [0.15, 0.2) is 0 Å². The SMILES string of the molecule is CCCNC(CN1CCOCC1C)c1ccc(C)c(C)c1. The second kappa shape index (κ2) is 7.92. The van der Waals surface area contributed by atoms with Crippen LogP contribution in [0.5, 0.6) is 0 Å². The van der Waals surface area contributed by atoms with Crippen LogP contribution in [0.1, 0.15) is 43.0 Å². The number of benzene rings is 1. The van der Waals surface area contributed by atoms with Crippen molar-refractivity contribution in [3.05, 3.63) is 34.9 Å². The van der Waals surface area contributed by atoms with E-state index in [9.17, 15) is 0 Å². The van der Waals surface area contributed by atoms with Crippen molar-refractivity contribution in [2.24, 2.45) is 0 Å². The molecule has 0 radical (unpaired) electrons. The van der Waals surface area contributed by atoms with Gasteiger partial charge < -0.3 is 10.1 Å². The second-order valence-electron chi connectivity index (χ2n) is 6.27. The maximum Gasteiger partial charge on any atom is 0.0619 e. The Morgan fingerprint density at radius 1 is 1.33 bits per heavy atom. The standard InChI is InChI=1S/C18H30N2O/c1-5-8-19-18(12-20-9-10-21-13-16(20)4)17-7-6-14(2)15(3)11-17/h6-7,11,16,18-19H,5,8-10,12-13H2,1-4H3. The molecular formula is C18H30N2O. The molecule has 2 rings (SSSR count). The maximum atomic E-state index is 5.55. The molecular weight excluding hydrogens is 260 g/mol. The molecule has 0 spiro atoms. The number of hydrogen-bond acceptors (Lipinski definition) is 3. The van der Waals surface area contributed by atoms with Gasteiger partial charge >= 0.3 is 0 Å². The fourth-order valence-electron chi connectivity index (χ4n) is 2.85. The predicted molar refractivity (Wildman–Crippen MR) is 88.8 cm³/mol. The lowest BCUT2D eigenvalue weighted by molar-refractivity contribution is -0.00448. The number of rotatable bonds is 6. The molecule has 1 aliphatic rings. The molecule has 1 fully saturated rings. The summed E-state index contributed by atoms with van der Waals surface area (Å²) in [6.07, 6.45) is 1.17. The van der Waals surface area contributed by atoms with Crippen molar-refractivity contribution in [3.63, 3.8) is 0 Å². The number of nitrogens with one attached hydrogen (secondary N) is 1. The first-order chi connectivity index (χ1) is 10.1. The lowest BCUT2D eigenvalue weighted by Gasteiger charge is -2.36. The molecule has 0 aliphatic carbocycles. The van der Waals surface area contributed by atoms with E-state index in [2.05, 4.69) is 56.1 Å². The Morgan fingerprint density at radius 2 is 2.14 bits per heavy atom. The minimum atomic E-state index is 0.407. The summed E-state index contributed by atoms with van der Waals surface area (Å²) in [5, 5.41) is 3.72. The molecule has 2 unspecified atom stereocenters. The third-order valence-corrected chi connectivity index (χ3v) is 4.50. The maximum absolute atomic E-state index is 5.55. The van der Waals surface area contributed by atoms with Crippen LogP contribution >= 0.6 is 0 Å². The third-order valence-electron chi connectivity index (χ3n) is 4.50. The molecule has 1 N–H and O–H groups in total. The fraction of sp³-hybridized carbons (Fsp3) is 0.667. The van der Waals surface area contributed by atoms with Crippen LogP contribution in [0.3, 0.4) is 0 Å². The molecule has 1 saturated heterocycles. The predicted octanol–water partition coefficient (Wildman–Crippen LogP) is 3.06. The van der Waals surface area contributed by atoms with E-state index in [0.29, 0.717) is 12.1 Å². The molecule has 3 nitrogen and oxygen atoms in total. The molecule has 3 heteroatoms. The van der Waals surface area contributed by atoms with Gasteiger partial charge in [0.2, 0.25) is 0 Å². The normalized spacial score (nSPS) is 21.4. The number of morpholine rings is 1. The van der Waals surface area contributed by atoms with E-state index in [1.165, 1.54) is 23.1 Å². The summed E-state index contributed by atoms with van der Waals surface area (Å²) in [6.45, 7) is 13.7. The van der Waals surface area contributed by atoms with Crippen molar-refractivity contribution in [1.82, 2.24) is 10.2 Å². The van der Waals surface area contributed by atoms with Crippen LogP contribution in [-0.2, 0) is 4.74 Å². The van der Waals surface area contributed by atoms with Gasteiger partial charge in [-0.2, -0.15) is 0 Å². The van der Waals surface area contributed by atoms with E-state index >= 15 is 0 Å². The Bertz CT molecular complexity index is 447. The lowest BCUT2D eigenvalue weighted by atomic mass is 10.00. The molecule has 0 bridgehead atoms. The topological polar surface area (TPSA) is 24.5 Å². The Morgan fingerprint density at radius 3 is 2.81 bits per heavy atom. The third kappa shape index (κ3) is 4.53. The molecule has 1 aromatic carbocycles. The van der Waals surface area contributed by atoms with E-state index in [4.69, 9.17) is 4.74 Å². The summed E-state index contributed by atoms with van der Waals surface area (Å²) >= 11 is 0. The van der Waals surface area contributed by atoms with Crippen molar-refractivity contribution in [1.29, 1.82) is 0 Å². The molecule has 118 valence electrons. The van der Waals surface area contributed by atoms with Crippen LogP contribution in [0.15, 0.2) is 18.2 Å². The zero-order valence-electron chi connectivity index (χ0n) is 14.0. The van der Waals surface area contributed by atoms with Gasteiger partial charge in [0.05, 0.1) is 13.2 Å². The number of nitrogens with zero attached hydrogens (tertiary/aromatic N) is 1. The lowest BCUT2D eigenvalue weighted by Crippen LogP contribution is -2.47. The quantitative estimate of drug-likeness (QED) is 0.871. The molecule has 21 heavy (non-hydrogen) atoms. The number of ether oxygens (including phenoxy) is 1. The smallest absolute Gasteiger partial charge is 0.0619 e. The highest BCUT2D eigenvalue weighted by Gasteiger charge is 2.23. The van der Waals surface area contributed by atoms with E-state index in [-0.39, 0.29) is 0 Å². The summed E-state index contributed by atoms with van der Waals surface area (Å²) in [6, 6.07) is 7.78. The van der Waals surface area contributed by atoms with Crippen LogP contribution in [0.25, 0.3) is 0 Å². The Labute approximate surface area is 129 Å². The Hall–Kier alpha value is -0.900. The summed E-state index contributed by atoms with van der Waals surface area (Å²) in [4.78, 5) is 2.55. The van der Waals surface area contributed by atoms with Crippen LogP contribution in [0.4, 0.5) is 0 Å². The molecule has 0 saturated carbocycles. The molecule has 0 amide bonds. The Balaban J connectivity index is 2.10. The van der Waals surface area contributed by atoms with E-state index in [0.717, 1.165) is 32.8 Å². The van der Waals surface area contributed by atoms with Crippen molar-refractivity contribution < 1.29 is 4.74 Å². The minimum absolute atomic E-state index is 0.407. The average Bonchev–Trinajstić information content (AvgIpc) is 2.48. The highest BCUT2D eigenvalue weighted by Crippen LogP contribution is 2.20. The molecule has 1 aromatic rings. The molecule has 1 heterocycles. The van der Waals surface area contributed by atoms with Crippen molar-refractivity contribution in [2.45, 2.75) is 46.2 Å². The van der Waals surface area contributed by atoms with Crippen molar-refractivity contribution in [3.8, 4) is 0 Å². The largest absolute Gasteiger partial charge is 0.379 e. The van der Waals surface area contributed by atoms with Gasteiger partial charge in [-0.3, -0.25) is 4.90 Å². The highest BCUT2D eigenvalue weighted by atomic mass is 16.5. The number of hydrogen-bond donors (Lipinski definition) is 1. The van der Waals surface area contributed by atoms with Gasteiger partial charge in [-0.25, -0.2) is 0 Å². The molecule has 1 aliphatic heterocycles. The zero-order valence-corrected chi connectivity index (χ0v) is 14.0. The van der Waals surface area contributed by atoms with Gasteiger partial charge in [-0.15, -0.1) is 0 Å². The first kappa shape index (κ1) is 16.5. The van der Waals surface area contributed by atoms with Crippen LogP contribution in [0, 0.1) is 13.8 Å². The van der Waals surface area contributed by atoms with Gasteiger partial charge in [-0.05, 0) is 50.4 Å². The summed E-state index contributed by atoms with van der Waals surface area (Å²) in [5.41, 5.74) is 4.16. The minimum Gasteiger partial charge on any atom is -0.379 e. The summed E-state index contributed by atoms with van der Waals surface area (Å²) in [7, 11) is 0. The van der Waals surface area contributed by atoms with Crippen molar-refractivity contribution in [2.75, 3.05) is 32.8 Å². The van der Waals surface area contributed by atoms with Gasteiger partial charge in [0.1, 0.15) is 0 Å². The average molecular weight is 290 g/mol. The van der Waals surface area contributed by atoms with Gasteiger partial charge in [0.25, 0.3) is 0 Å². The Kier molecular flexibility index (Phi) is 6.22. The van der Waals surface area contributed by atoms with Gasteiger partial charge in [-0.1, -0.05) is 25.1 Å². The van der Waals surface area contributed by atoms with E-state index in [1.807, 2.05) is 0 Å².